The molecule has 0 fully saturated rings. The van der Waals surface area contributed by atoms with Crippen LogP contribution in [0.4, 0.5) is 0 Å². The van der Waals surface area contributed by atoms with E-state index in [1.54, 1.807) is 0 Å². The first-order valence-electron chi connectivity index (χ1n) is 5.74. The van der Waals surface area contributed by atoms with Crippen LogP contribution in [0.2, 0.25) is 0 Å². The molecule has 0 saturated heterocycles. The average molecular weight is 212 g/mol. The third-order valence-electron chi connectivity index (χ3n) is 2.44. The minimum absolute atomic E-state index is 1.01. The van der Waals surface area contributed by atoms with E-state index in [0.717, 1.165) is 6.42 Å². The lowest BCUT2D eigenvalue weighted by Gasteiger charge is -1.98. The Morgan fingerprint density at radius 2 is 1.81 bits per heavy atom. The summed E-state index contributed by atoms with van der Waals surface area (Å²) < 4.78 is 0. The molecular formula is C16H20. The Morgan fingerprint density at radius 3 is 2.44 bits per heavy atom. The normalized spacial score (nSPS) is 12.8. The second-order valence-corrected chi connectivity index (χ2v) is 4.02. The van der Waals surface area contributed by atoms with Gasteiger partial charge >= 0.3 is 0 Å². The molecule has 0 unspecified atom stereocenters. The molecule has 1 aromatic carbocycles. The molecule has 0 bridgehead atoms. The molecule has 0 N–H and O–H groups in total. The van der Waals surface area contributed by atoms with Gasteiger partial charge in [-0.1, -0.05) is 65.8 Å². The van der Waals surface area contributed by atoms with Crippen molar-refractivity contribution in [2.24, 2.45) is 0 Å². The maximum atomic E-state index is 2.25. The summed E-state index contributed by atoms with van der Waals surface area (Å²) in [6.07, 6.45) is 11.5. The van der Waals surface area contributed by atoms with Crippen molar-refractivity contribution in [1.82, 2.24) is 0 Å². The van der Waals surface area contributed by atoms with Gasteiger partial charge in [-0.2, -0.15) is 0 Å². The van der Waals surface area contributed by atoms with Gasteiger partial charge < -0.3 is 0 Å². The maximum absolute atomic E-state index is 2.25. The third kappa shape index (κ3) is 4.79. The minimum atomic E-state index is 1.01. The Kier molecular flexibility index (Phi) is 5.35. The van der Waals surface area contributed by atoms with E-state index in [1.807, 2.05) is 19.1 Å². The van der Waals surface area contributed by atoms with Crippen LogP contribution in [0.5, 0.6) is 0 Å². The zero-order valence-electron chi connectivity index (χ0n) is 10.4. The molecule has 0 nitrogen and oxygen atoms in total. The van der Waals surface area contributed by atoms with E-state index in [0.29, 0.717) is 0 Å². The van der Waals surface area contributed by atoms with E-state index in [4.69, 9.17) is 0 Å². The van der Waals surface area contributed by atoms with E-state index in [1.165, 1.54) is 16.7 Å². The van der Waals surface area contributed by atoms with Gasteiger partial charge in [-0.25, -0.2) is 0 Å². The van der Waals surface area contributed by atoms with E-state index in [9.17, 15) is 0 Å². The molecule has 0 heterocycles. The van der Waals surface area contributed by atoms with Crippen molar-refractivity contribution in [2.45, 2.75) is 27.2 Å². The van der Waals surface area contributed by atoms with Crippen LogP contribution in [0.25, 0.3) is 0 Å². The van der Waals surface area contributed by atoms with Crippen LogP contribution in [-0.4, -0.2) is 0 Å². The van der Waals surface area contributed by atoms with Crippen LogP contribution in [0.3, 0.4) is 0 Å². The molecule has 0 aromatic heterocycles. The molecule has 0 heteroatoms. The maximum Gasteiger partial charge on any atom is -0.00917 e. The lowest BCUT2D eigenvalue weighted by atomic mass is 10.1. The van der Waals surface area contributed by atoms with Crippen molar-refractivity contribution in [3.8, 4) is 0 Å². The molecule has 0 spiro atoms. The number of hydrogen-bond acceptors (Lipinski definition) is 0. The first kappa shape index (κ1) is 12.5. The van der Waals surface area contributed by atoms with Crippen LogP contribution in [0.15, 0.2) is 60.2 Å². The van der Waals surface area contributed by atoms with Crippen molar-refractivity contribution in [2.75, 3.05) is 0 Å². The summed E-state index contributed by atoms with van der Waals surface area (Å²) in [7, 11) is 0. The van der Waals surface area contributed by atoms with Gasteiger partial charge in [-0.05, 0) is 32.8 Å². The average Bonchev–Trinajstić information content (AvgIpc) is 2.29. The van der Waals surface area contributed by atoms with Crippen LogP contribution in [0, 0.1) is 6.92 Å². The highest BCUT2D eigenvalue weighted by molar-refractivity contribution is 5.26. The first-order valence-corrected chi connectivity index (χ1v) is 5.74. The monoisotopic (exact) mass is 212 g/mol. The number of hydrogen-bond donors (Lipinski definition) is 0. The quantitative estimate of drug-likeness (QED) is 0.639. The fourth-order valence-corrected chi connectivity index (χ4v) is 1.39. The van der Waals surface area contributed by atoms with E-state index >= 15 is 0 Å². The summed E-state index contributed by atoms with van der Waals surface area (Å²) in [6.45, 7) is 6.27. The summed E-state index contributed by atoms with van der Waals surface area (Å²) in [6, 6.07) is 8.70. The van der Waals surface area contributed by atoms with Crippen molar-refractivity contribution < 1.29 is 0 Å². The van der Waals surface area contributed by atoms with Crippen LogP contribution < -0.4 is 0 Å². The molecule has 0 amide bonds. The zero-order chi connectivity index (χ0) is 11.8. The summed E-state index contributed by atoms with van der Waals surface area (Å²) in [5.41, 5.74) is 3.99. The Balaban J connectivity index is 2.55. The van der Waals surface area contributed by atoms with Crippen molar-refractivity contribution in [1.29, 1.82) is 0 Å². The van der Waals surface area contributed by atoms with Crippen molar-refractivity contribution >= 4 is 0 Å². The fraction of sp³-hybridized carbons (Fsp3) is 0.250. The number of rotatable bonds is 4. The van der Waals surface area contributed by atoms with Gasteiger partial charge in [0.05, 0.1) is 0 Å². The molecule has 16 heavy (non-hydrogen) atoms. The van der Waals surface area contributed by atoms with Gasteiger partial charge in [0.2, 0.25) is 0 Å². The van der Waals surface area contributed by atoms with E-state index < -0.39 is 0 Å². The Morgan fingerprint density at radius 1 is 1.12 bits per heavy atom. The fourth-order valence-electron chi connectivity index (χ4n) is 1.39. The van der Waals surface area contributed by atoms with Gasteiger partial charge in [0.1, 0.15) is 0 Å². The molecular weight excluding hydrogens is 192 g/mol. The summed E-state index contributed by atoms with van der Waals surface area (Å²) >= 11 is 0. The second-order valence-electron chi connectivity index (χ2n) is 4.02. The highest BCUT2D eigenvalue weighted by Crippen LogP contribution is 2.06. The molecule has 0 aliphatic heterocycles. The van der Waals surface area contributed by atoms with E-state index in [2.05, 4.69) is 56.3 Å². The first-order chi connectivity index (χ1) is 7.72. The number of allylic oxidation sites excluding steroid dienone is 6. The highest BCUT2D eigenvalue weighted by atomic mass is 14.0. The molecule has 0 radical (unpaired) electrons. The zero-order valence-corrected chi connectivity index (χ0v) is 10.4. The standard InChI is InChI=1S/C16H20/c1-4-5-6-7-14(2)8-11-16-12-9-15(3)10-13-16/h4-10,12-13H,11H2,1-3H3/b5-4-,7-6-,14-8-. The predicted octanol–water partition coefficient (Wildman–Crippen LogP) is 4.62. The molecule has 1 aromatic rings. The largest absolute Gasteiger partial charge is 0.0877 e. The summed E-state index contributed by atoms with van der Waals surface area (Å²) in [4.78, 5) is 0. The molecule has 0 aliphatic carbocycles. The Labute approximate surface area is 99.0 Å². The van der Waals surface area contributed by atoms with Crippen LogP contribution >= 0.6 is 0 Å². The van der Waals surface area contributed by atoms with Crippen LogP contribution in [0.1, 0.15) is 25.0 Å². The Hall–Kier alpha value is -1.56. The van der Waals surface area contributed by atoms with Gasteiger partial charge in [0, 0.05) is 0 Å². The predicted molar refractivity (Wildman–Crippen MR) is 72.6 cm³/mol. The molecule has 0 aliphatic rings. The van der Waals surface area contributed by atoms with Gasteiger partial charge in [-0.3, -0.25) is 0 Å². The summed E-state index contributed by atoms with van der Waals surface area (Å²) in [5.74, 6) is 0. The van der Waals surface area contributed by atoms with Crippen molar-refractivity contribution in [3.63, 3.8) is 0 Å². The molecule has 84 valence electrons. The lowest BCUT2D eigenvalue weighted by molar-refractivity contribution is 1.23. The summed E-state index contributed by atoms with van der Waals surface area (Å²) in [5, 5.41) is 0. The lowest BCUT2D eigenvalue weighted by Crippen LogP contribution is -1.82. The highest BCUT2D eigenvalue weighted by Gasteiger charge is 1.89. The van der Waals surface area contributed by atoms with Gasteiger partial charge in [0.25, 0.3) is 0 Å². The molecule has 0 atom stereocenters. The minimum Gasteiger partial charge on any atom is -0.0877 e. The topological polar surface area (TPSA) is 0 Å². The van der Waals surface area contributed by atoms with Crippen molar-refractivity contribution in [3.05, 3.63) is 71.3 Å². The third-order valence-corrected chi connectivity index (χ3v) is 2.44. The number of aryl methyl sites for hydroxylation is 1. The van der Waals surface area contributed by atoms with Gasteiger partial charge in [0.15, 0.2) is 0 Å². The molecule has 0 saturated carbocycles. The SMILES string of the molecule is C\C=C/C=C\C(C)=C/Cc1ccc(C)cc1. The van der Waals surface area contributed by atoms with E-state index in [-0.39, 0.29) is 0 Å². The number of benzene rings is 1. The van der Waals surface area contributed by atoms with Crippen LogP contribution in [-0.2, 0) is 6.42 Å². The second kappa shape index (κ2) is 6.84. The Bertz CT molecular complexity index is 389. The smallest absolute Gasteiger partial charge is 0.00917 e. The van der Waals surface area contributed by atoms with Gasteiger partial charge in [-0.15, -0.1) is 0 Å². The molecule has 1 rings (SSSR count).